The molecule has 0 aromatic heterocycles. The van der Waals surface area contributed by atoms with Gasteiger partial charge in [0.2, 0.25) is 10.0 Å². The van der Waals surface area contributed by atoms with Crippen LogP contribution in [0.1, 0.15) is 62.0 Å². The molecule has 4 rings (SSSR count). The van der Waals surface area contributed by atoms with E-state index in [1.807, 2.05) is 12.1 Å². The second-order valence-electron chi connectivity index (χ2n) is 9.09. The summed E-state index contributed by atoms with van der Waals surface area (Å²) in [7, 11) is -3.18. The smallest absolute Gasteiger partial charge is 0.214 e. The number of hydrogen-bond acceptors (Lipinski definition) is 6. The molecular formula is C23H34N2O5S. The predicted octanol–water partition coefficient (Wildman–Crippen LogP) is 2.43. The number of rotatable bonds is 10. The minimum Gasteiger partial charge on any atom is -0.486 e. The third-order valence-corrected chi connectivity index (χ3v) is 8.79. The molecule has 8 heteroatoms. The average molecular weight is 451 g/mol. The number of ether oxygens (including phenoxy) is 2. The van der Waals surface area contributed by atoms with Crippen molar-refractivity contribution >= 4 is 16.3 Å². The molecule has 3 fully saturated rings. The number of hydrogen-bond donors (Lipinski definition) is 2. The largest absolute Gasteiger partial charge is 0.486 e. The van der Waals surface area contributed by atoms with Crippen molar-refractivity contribution in [2.75, 3.05) is 19.8 Å². The van der Waals surface area contributed by atoms with Crippen molar-refractivity contribution in [3.05, 3.63) is 29.3 Å². The molecule has 2 saturated carbocycles. The van der Waals surface area contributed by atoms with Crippen LogP contribution in [-0.2, 0) is 19.6 Å². The van der Waals surface area contributed by atoms with Crippen LogP contribution in [0.25, 0.3) is 0 Å². The maximum absolute atomic E-state index is 12.3. The zero-order valence-electron chi connectivity index (χ0n) is 18.2. The molecule has 0 spiro atoms. The van der Waals surface area contributed by atoms with Crippen LogP contribution >= 0.6 is 0 Å². The molecule has 1 heterocycles. The summed E-state index contributed by atoms with van der Waals surface area (Å²) in [5.74, 6) is 1.22. The Morgan fingerprint density at radius 1 is 1.13 bits per heavy atom. The maximum atomic E-state index is 12.3. The molecule has 2 N–H and O–H groups in total. The summed E-state index contributed by atoms with van der Waals surface area (Å²) in [4.78, 5) is 10.7. The highest BCUT2D eigenvalue weighted by Crippen LogP contribution is 2.40. The van der Waals surface area contributed by atoms with Crippen LogP contribution < -0.4 is 14.8 Å². The number of aldehydes is 1. The first-order valence-electron chi connectivity index (χ1n) is 11.5. The Labute approximate surface area is 185 Å². The van der Waals surface area contributed by atoms with Crippen LogP contribution in [-0.4, -0.2) is 57.9 Å². The van der Waals surface area contributed by atoms with E-state index in [1.165, 1.54) is 11.1 Å². The lowest BCUT2D eigenvalue weighted by Gasteiger charge is -2.32. The molecule has 2 aliphatic carbocycles. The maximum Gasteiger partial charge on any atom is 0.214 e. The van der Waals surface area contributed by atoms with Crippen molar-refractivity contribution in [3.63, 3.8) is 0 Å². The van der Waals surface area contributed by atoms with Gasteiger partial charge < -0.3 is 14.8 Å². The zero-order chi connectivity index (χ0) is 21.8. The van der Waals surface area contributed by atoms with E-state index < -0.39 is 10.0 Å². The minimum absolute atomic E-state index is 0.0333. The highest BCUT2D eigenvalue weighted by atomic mass is 32.2. The van der Waals surface area contributed by atoms with Crippen molar-refractivity contribution < 1.29 is 22.7 Å². The molecular weight excluding hydrogens is 416 g/mol. The Morgan fingerprint density at radius 3 is 2.61 bits per heavy atom. The summed E-state index contributed by atoms with van der Waals surface area (Å²) < 4.78 is 39.4. The van der Waals surface area contributed by atoms with Crippen molar-refractivity contribution in [2.24, 2.45) is 0 Å². The minimum atomic E-state index is -3.18. The van der Waals surface area contributed by atoms with Crippen molar-refractivity contribution in [2.45, 2.75) is 81.2 Å². The van der Waals surface area contributed by atoms with E-state index in [9.17, 15) is 13.2 Å². The number of carbonyl (C=O) groups excluding carboxylic acids is 1. The van der Waals surface area contributed by atoms with E-state index in [-0.39, 0.29) is 30.0 Å². The van der Waals surface area contributed by atoms with Crippen LogP contribution in [0.3, 0.4) is 0 Å². The second kappa shape index (κ2) is 9.98. The molecule has 3 aliphatic rings. The first kappa shape index (κ1) is 22.7. The van der Waals surface area contributed by atoms with Gasteiger partial charge in [-0.3, -0.25) is 4.79 Å². The van der Waals surface area contributed by atoms with Crippen LogP contribution in [0.2, 0.25) is 0 Å². The predicted molar refractivity (Wildman–Crippen MR) is 119 cm³/mol. The lowest BCUT2D eigenvalue weighted by atomic mass is 9.80. The number of carbonyl (C=O) groups is 1. The Balaban J connectivity index is 1.27. The second-order valence-corrected chi connectivity index (χ2v) is 11.1. The first-order valence-corrected chi connectivity index (χ1v) is 13.0. The zero-order valence-corrected chi connectivity index (χ0v) is 19.0. The van der Waals surface area contributed by atoms with E-state index >= 15 is 0 Å². The van der Waals surface area contributed by atoms with Gasteiger partial charge in [0.25, 0.3) is 0 Å². The highest BCUT2D eigenvalue weighted by Gasteiger charge is 2.40. The summed E-state index contributed by atoms with van der Waals surface area (Å²) in [5.41, 5.74) is 2.42. The van der Waals surface area contributed by atoms with Crippen molar-refractivity contribution in [3.8, 4) is 5.75 Å². The SMILES string of the molecule is Cc1cccc(OCC=O)c1[C@H]1CC[C@@H](OC[C@@H]2NCC[C@@H]2NS(=O)(=O)C2CC2)CC1. The van der Waals surface area contributed by atoms with Gasteiger partial charge in [0.15, 0.2) is 6.29 Å². The molecule has 1 saturated heterocycles. The molecule has 172 valence electrons. The van der Waals surface area contributed by atoms with E-state index in [1.54, 1.807) is 0 Å². The van der Waals surface area contributed by atoms with E-state index in [0.717, 1.165) is 63.5 Å². The molecule has 0 bridgehead atoms. The first-order chi connectivity index (χ1) is 15.0. The topological polar surface area (TPSA) is 93.7 Å². The lowest BCUT2D eigenvalue weighted by Crippen LogP contribution is -2.47. The van der Waals surface area contributed by atoms with Gasteiger partial charge in [-0.05, 0) is 76.0 Å². The Hall–Kier alpha value is -1.48. The Kier molecular flexibility index (Phi) is 7.31. The summed E-state index contributed by atoms with van der Waals surface area (Å²) in [5, 5.41) is 3.21. The van der Waals surface area contributed by atoms with Gasteiger partial charge in [0.1, 0.15) is 12.4 Å². The molecule has 7 nitrogen and oxygen atoms in total. The number of benzene rings is 1. The standard InChI is InChI=1S/C23H34N2O5S/c1-16-3-2-4-22(29-14-13-26)23(16)17-5-7-18(8-6-17)30-15-21-20(11-12-24-21)25-31(27,28)19-9-10-19/h2-4,13,17-21,24-25H,5-12,14-15H2,1H3/t17-,18+,20-,21-/m0/s1. The van der Waals surface area contributed by atoms with Gasteiger partial charge in [0, 0.05) is 17.6 Å². The Bertz CT molecular complexity index is 863. The molecule has 0 unspecified atom stereocenters. The Morgan fingerprint density at radius 2 is 1.90 bits per heavy atom. The van der Waals surface area contributed by atoms with E-state index in [0.29, 0.717) is 12.5 Å². The van der Waals surface area contributed by atoms with Gasteiger partial charge in [0.05, 0.1) is 18.0 Å². The van der Waals surface area contributed by atoms with Gasteiger partial charge in [-0.25, -0.2) is 13.1 Å². The van der Waals surface area contributed by atoms with Crippen LogP contribution in [0.15, 0.2) is 18.2 Å². The fraction of sp³-hybridized carbons (Fsp3) is 0.696. The quantitative estimate of drug-likeness (QED) is 0.532. The monoisotopic (exact) mass is 450 g/mol. The third-order valence-electron chi connectivity index (χ3n) is 6.81. The fourth-order valence-electron chi connectivity index (χ4n) is 4.95. The number of sulfonamides is 1. The molecule has 2 atom stereocenters. The molecule has 0 radical (unpaired) electrons. The fourth-order valence-corrected chi connectivity index (χ4v) is 6.61. The molecule has 1 aromatic carbocycles. The van der Waals surface area contributed by atoms with Crippen LogP contribution in [0.5, 0.6) is 5.75 Å². The van der Waals surface area contributed by atoms with E-state index in [2.05, 4.69) is 23.0 Å². The van der Waals surface area contributed by atoms with E-state index in [4.69, 9.17) is 9.47 Å². The van der Waals surface area contributed by atoms with Gasteiger partial charge in [-0.2, -0.15) is 0 Å². The van der Waals surface area contributed by atoms with Crippen molar-refractivity contribution in [1.29, 1.82) is 0 Å². The summed E-state index contributed by atoms with van der Waals surface area (Å²) in [6, 6.07) is 5.97. The third kappa shape index (κ3) is 5.66. The summed E-state index contributed by atoms with van der Waals surface area (Å²) in [6.07, 6.45) is 7.32. The molecule has 1 aromatic rings. The highest BCUT2D eigenvalue weighted by molar-refractivity contribution is 7.90. The average Bonchev–Trinajstić information content (AvgIpc) is 3.54. The van der Waals surface area contributed by atoms with Crippen molar-refractivity contribution in [1.82, 2.24) is 10.0 Å². The van der Waals surface area contributed by atoms with Gasteiger partial charge in [-0.1, -0.05) is 12.1 Å². The lowest BCUT2D eigenvalue weighted by molar-refractivity contribution is -0.109. The molecule has 0 amide bonds. The number of nitrogens with one attached hydrogen (secondary N) is 2. The van der Waals surface area contributed by atoms with Gasteiger partial charge >= 0.3 is 0 Å². The summed E-state index contributed by atoms with van der Waals surface area (Å²) >= 11 is 0. The molecule has 1 aliphatic heterocycles. The molecule has 31 heavy (non-hydrogen) atoms. The van der Waals surface area contributed by atoms with Crippen LogP contribution in [0.4, 0.5) is 0 Å². The normalized spacial score (nSPS) is 29.1. The van der Waals surface area contributed by atoms with Gasteiger partial charge in [-0.15, -0.1) is 0 Å². The summed E-state index contributed by atoms with van der Waals surface area (Å²) in [6.45, 7) is 3.52. The van der Waals surface area contributed by atoms with Crippen LogP contribution in [0, 0.1) is 6.92 Å². The number of aryl methyl sites for hydroxylation is 1.